The van der Waals surface area contributed by atoms with Crippen molar-refractivity contribution in [3.05, 3.63) is 0 Å². The van der Waals surface area contributed by atoms with Gasteiger partial charge in [-0.3, -0.25) is 9.69 Å². The Bertz CT molecular complexity index is 373. The maximum absolute atomic E-state index is 11.4. The molecule has 2 aliphatic heterocycles. The summed E-state index contributed by atoms with van der Waals surface area (Å²) < 4.78 is 23.0. The molecule has 7 heteroatoms. The lowest BCUT2D eigenvalue weighted by molar-refractivity contribution is -0.125. The van der Waals surface area contributed by atoms with Crippen LogP contribution < -0.4 is 0 Å². The van der Waals surface area contributed by atoms with Gasteiger partial charge in [-0.05, 0) is 6.42 Å². The van der Waals surface area contributed by atoms with Crippen LogP contribution in [0.15, 0.2) is 0 Å². The highest BCUT2D eigenvalue weighted by Gasteiger charge is 2.39. The first-order valence-electron chi connectivity index (χ1n) is 4.19. The maximum atomic E-state index is 11.4. The molecule has 0 aliphatic carbocycles. The van der Waals surface area contributed by atoms with Crippen molar-refractivity contribution in [2.24, 2.45) is 0 Å². The molecule has 0 saturated carbocycles. The van der Waals surface area contributed by atoms with Gasteiger partial charge in [-0.1, -0.05) is 24.0 Å². The van der Waals surface area contributed by atoms with E-state index in [0.29, 0.717) is 16.5 Å². The fourth-order valence-electron chi connectivity index (χ4n) is 1.70. The molecule has 0 aromatic heterocycles. The molecule has 0 unspecified atom stereocenters. The first kappa shape index (κ1) is 10.4. The third kappa shape index (κ3) is 1.80. The van der Waals surface area contributed by atoms with Crippen molar-refractivity contribution in [1.29, 1.82) is 0 Å². The van der Waals surface area contributed by atoms with Gasteiger partial charge in [0.1, 0.15) is 4.32 Å². The number of hydrogen-bond donors (Lipinski definition) is 0. The number of carbonyl (C=O) groups is 1. The lowest BCUT2D eigenvalue weighted by Gasteiger charge is -2.21. The molecule has 4 nitrogen and oxygen atoms in total. The highest BCUT2D eigenvalue weighted by Crippen LogP contribution is 2.27. The predicted octanol–water partition coefficient (Wildman–Crippen LogP) is 0.0338. The average Bonchev–Trinajstić information content (AvgIpc) is 2.56. The van der Waals surface area contributed by atoms with E-state index in [0.717, 1.165) is 0 Å². The second-order valence-corrected chi connectivity index (χ2v) is 7.21. The Hall–Kier alpha value is -0.140. The molecule has 1 atom stereocenters. The molecule has 0 N–H and O–H groups in total. The normalized spacial score (nSPS) is 31.4. The monoisotopic (exact) mass is 251 g/mol. The summed E-state index contributed by atoms with van der Waals surface area (Å²) in [4.78, 5) is 12.9. The van der Waals surface area contributed by atoms with E-state index in [-0.39, 0.29) is 23.5 Å². The smallest absolute Gasteiger partial charge is 0.238 e. The number of carbonyl (C=O) groups excluding carboxylic acids is 1. The molecule has 0 aromatic rings. The summed E-state index contributed by atoms with van der Waals surface area (Å²) in [6.45, 7) is 0. The van der Waals surface area contributed by atoms with E-state index in [1.165, 1.54) is 16.7 Å². The Morgan fingerprint density at radius 1 is 1.50 bits per heavy atom. The number of hydrogen-bond acceptors (Lipinski definition) is 5. The predicted molar refractivity (Wildman–Crippen MR) is 59.0 cm³/mol. The standard InChI is InChI=1S/C7H9NO3S3/c9-6-3-13-7(12)8(6)5-1-2-14(10,11)4-5/h5H,1-4H2/t5-/m0/s1. The summed E-state index contributed by atoms with van der Waals surface area (Å²) in [6, 6.07) is -0.213. The Kier molecular flexibility index (Phi) is 2.57. The summed E-state index contributed by atoms with van der Waals surface area (Å²) in [7, 11) is -2.94. The maximum Gasteiger partial charge on any atom is 0.238 e. The van der Waals surface area contributed by atoms with Crippen LogP contribution in [0.2, 0.25) is 0 Å². The van der Waals surface area contributed by atoms with Crippen LogP contribution in [0.4, 0.5) is 0 Å². The number of rotatable bonds is 1. The molecule has 0 bridgehead atoms. The summed E-state index contributed by atoms with van der Waals surface area (Å²) in [5, 5.41) is 0. The van der Waals surface area contributed by atoms with E-state index < -0.39 is 9.84 Å². The van der Waals surface area contributed by atoms with Gasteiger partial charge in [-0.25, -0.2) is 8.42 Å². The number of nitrogens with zero attached hydrogens (tertiary/aromatic N) is 1. The van der Waals surface area contributed by atoms with Crippen molar-refractivity contribution in [1.82, 2.24) is 4.90 Å². The zero-order chi connectivity index (χ0) is 10.3. The van der Waals surface area contributed by atoms with Crippen LogP contribution in [0.25, 0.3) is 0 Å². The van der Waals surface area contributed by atoms with Crippen molar-refractivity contribution >= 4 is 44.0 Å². The van der Waals surface area contributed by atoms with Gasteiger partial charge in [-0.15, -0.1) is 0 Å². The molecule has 1 amide bonds. The van der Waals surface area contributed by atoms with Gasteiger partial charge < -0.3 is 0 Å². The molecule has 14 heavy (non-hydrogen) atoms. The van der Waals surface area contributed by atoms with Gasteiger partial charge in [0.2, 0.25) is 5.91 Å². The van der Waals surface area contributed by atoms with Crippen molar-refractivity contribution in [2.75, 3.05) is 17.3 Å². The average molecular weight is 251 g/mol. The van der Waals surface area contributed by atoms with E-state index in [1.807, 2.05) is 0 Å². The van der Waals surface area contributed by atoms with Crippen molar-refractivity contribution in [3.8, 4) is 0 Å². The third-order valence-electron chi connectivity index (χ3n) is 2.36. The van der Waals surface area contributed by atoms with Crippen LogP contribution in [0.1, 0.15) is 6.42 Å². The molecule has 2 heterocycles. The summed E-state index contributed by atoms with van der Waals surface area (Å²) in [6.07, 6.45) is 0.523. The first-order valence-corrected chi connectivity index (χ1v) is 7.40. The zero-order valence-corrected chi connectivity index (χ0v) is 9.75. The molecule has 2 aliphatic rings. The van der Waals surface area contributed by atoms with Crippen LogP contribution in [0.5, 0.6) is 0 Å². The van der Waals surface area contributed by atoms with Gasteiger partial charge >= 0.3 is 0 Å². The Balaban J connectivity index is 2.17. The summed E-state index contributed by atoms with van der Waals surface area (Å²) in [5.41, 5.74) is 0. The van der Waals surface area contributed by atoms with Crippen LogP contribution >= 0.6 is 24.0 Å². The molecule has 0 aromatic carbocycles. The van der Waals surface area contributed by atoms with E-state index in [9.17, 15) is 13.2 Å². The molecular weight excluding hydrogens is 242 g/mol. The number of thiocarbonyl (C=S) groups is 1. The van der Waals surface area contributed by atoms with Gasteiger partial charge in [0.25, 0.3) is 0 Å². The fraction of sp³-hybridized carbons (Fsp3) is 0.714. The quantitative estimate of drug-likeness (QED) is 0.616. The molecule has 2 fully saturated rings. The molecule has 2 rings (SSSR count). The van der Waals surface area contributed by atoms with E-state index >= 15 is 0 Å². The number of sulfone groups is 1. The molecule has 2 saturated heterocycles. The van der Waals surface area contributed by atoms with E-state index in [2.05, 4.69) is 0 Å². The SMILES string of the molecule is O=C1CSC(=S)N1[C@H]1CCS(=O)(=O)C1. The number of amides is 1. The minimum Gasteiger partial charge on any atom is -0.293 e. The minimum atomic E-state index is -2.94. The van der Waals surface area contributed by atoms with E-state index in [1.54, 1.807) is 0 Å². The molecule has 0 spiro atoms. The Morgan fingerprint density at radius 2 is 2.21 bits per heavy atom. The van der Waals surface area contributed by atoms with Gasteiger partial charge in [-0.2, -0.15) is 0 Å². The Labute approximate surface area is 91.9 Å². The van der Waals surface area contributed by atoms with Gasteiger partial charge in [0.15, 0.2) is 9.84 Å². The second kappa shape index (κ2) is 3.46. The van der Waals surface area contributed by atoms with Crippen LogP contribution in [-0.4, -0.2) is 46.8 Å². The summed E-state index contributed by atoms with van der Waals surface area (Å²) in [5.74, 6) is 0.547. The zero-order valence-electron chi connectivity index (χ0n) is 7.30. The third-order valence-corrected chi connectivity index (χ3v) is 5.49. The summed E-state index contributed by atoms with van der Waals surface area (Å²) >= 11 is 6.32. The van der Waals surface area contributed by atoms with E-state index in [4.69, 9.17) is 12.2 Å². The molecular formula is C7H9NO3S3. The van der Waals surface area contributed by atoms with Crippen LogP contribution in [-0.2, 0) is 14.6 Å². The van der Waals surface area contributed by atoms with Crippen LogP contribution in [0, 0.1) is 0 Å². The van der Waals surface area contributed by atoms with Gasteiger partial charge in [0.05, 0.1) is 23.3 Å². The van der Waals surface area contributed by atoms with Crippen molar-refractivity contribution < 1.29 is 13.2 Å². The van der Waals surface area contributed by atoms with Crippen LogP contribution in [0.3, 0.4) is 0 Å². The lowest BCUT2D eigenvalue weighted by Crippen LogP contribution is -2.39. The fourth-order valence-corrected chi connectivity index (χ4v) is 4.60. The largest absolute Gasteiger partial charge is 0.293 e. The topological polar surface area (TPSA) is 54.5 Å². The molecule has 0 radical (unpaired) electrons. The van der Waals surface area contributed by atoms with Crippen molar-refractivity contribution in [3.63, 3.8) is 0 Å². The molecule has 78 valence electrons. The lowest BCUT2D eigenvalue weighted by atomic mass is 10.2. The van der Waals surface area contributed by atoms with Gasteiger partial charge in [0, 0.05) is 0 Å². The highest BCUT2D eigenvalue weighted by molar-refractivity contribution is 8.24. The number of thioether (sulfide) groups is 1. The Morgan fingerprint density at radius 3 is 2.64 bits per heavy atom. The highest BCUT2D eigenvalue weighted by atomic mass is 32.2. The minimum absolute atomic E-state index is 0.0536. The first-order chi connectivity index (χ1) is 6.49. The second-order valence-electron chi connectivity index (χ2n) is 3.38. The van der Waals surface area contributed by atoms with Crippen molar-refractivity contribution in [2.45, 2.75) is 12.5 Å².